The summed E-state index contributed by atoms with van der Waals surface area (Å²) in [6.45, 7) is -3.90. The molecule has 0 spiro atoms. The third-order valence-electron chi connectivity index (χ3n) is 5.67. The largest absolute Gasteiger partial charge is 0.462 e. The molecule has 0 rings (SSSR count). The van der Waals surface area contributed by atoms with E-state index in [1.807, 2.05) is 0 Å². The number of aliphatic hydroxyl groups excluding tert-OH is 1. The summed E-state index contributed by atoms with van der Waals surface area (Å²) in [5.41, 5.74) is 0. The van der Waals surface area contributed by atoms with Crippen LogP contribution in [0, 0.1) is 0 Å². The molecule has 356 valence electrons. The number of ether oxygens (including phenoxy) is 5. The lowest BCUT2D eigenvalue weighted by Gasteiger charge is -2.44. The lowest BCUT2D eigenvalue weighted by Crippen LogP contribution is -2.73. The van der Waals surface area contributed by atoms with E-state index >= 15 is 0 Å². The lowest BCUT2D eigenvalue weighted by atomic mass is 10.2. The van der Waals surface area contributed by atoms with Crippen molar-refractivity contribution in [2.75, 3.05) is 6.61 Å². The first-order valence-corrected chi connectivity index (χ1v) is 12.1. The molecule has 0 amide bonds. The van der Waals surface area contributed by atoms with Crippen LogP contribution in [0.25, 0.3) is 0 Å². The molecule has 0 aliphatic heterocycles. The summed E-state index contributed by atoms with van der Waals surface area (Å²) in [5.74, 6) is -52.8. The number of halogens is 35. The standard InChI is InChI=1S/C18H3F35O6/c19-2(1-54,8(26,27)28)55-15(46,47)4(22,10(32,33)34)57-17(50,51)6(24,12(38,39)40)59-18(52,53)7(25,13(41,42)43)58-16(48,49)5(23,11(35,36)37)56-14(44,45)3(20,21)9(29,30)31/h54H,1H2/t2-,4-,5+,6+,7+/m0/s1. The molecule has 0 unspecified atom stereocenters. The van der Waals surface area contributed by atoms with Gasteiger partial charge in [0.15, 0.2) is 0 Å². The smallest absolute Gasteiger partial charge is 0.390 e. The van der Waals surface area contributed by atoms with E-state index in [-0.39, 0.29) is 0 Å². The second-order valence-corrected chi connectivity index (χ2v) is 9.92. The van der Waals surface area contributed by atoms with Crippen molar-refractivity contribution in [1.29, 1.82) is 0 Å². The molecule has 41 heteroatoms. The van der Waals surface area contributed by atoms with Crippen molar-refractivity contribution in [3.05, 3.63) is 0 Å². The summed E-state index contributed by atoms with van der Waals surface area (Å²) in [7, 11) is 0. The Bertz CT molecular complexity index is 1450. The van der Waals surface area contributed by atoms with Gasteiger partial charge in [-0.15, -0.1) is 0 Å². The maximum absolute atomic E-state index is 14.6. The Kier molecular flexibility index (Phi) is 14.0. The molecule has 0 saturated heterocycles. The van der Waals surface area contributed by atoms with Crippen molar-refractivity contribution in [3.63, 3.8) is 0 Å². The summed E-state index contributed by atoms with van der Waals surface area (Å²) >= 11 is 0. The fourth-order valence-electron chi connectivity index (χ4n) is 2.71. The number of hydrogen-bond donors (Lipinski definition) is 1. The van der Waals surface area contributed by atoms with Crippen LogP contribution in [-0.4, -0.2) is 115 Å². The van der Waals surface area contributed by atoms with Crippen molar-refractivity contribution in [3.8, 4) is 0 Å². The first-order valence-electron chi connectivity index (χ1n) is 12.1. The van der Waals surface area contributed by atoms with Gasteiger partial charge in [-0.1, -0.05) is 0 Å². The quantitative estimate of drug-likeness (QED) is 0.156. The van der Waals surface area contributed by atoms with Crippen LogP contribution >= 0.6 is 0 Å². The van der Waals surface area contributed by atoms with Crippen LogP contribution in [0.2, 0.25) is 0 Å². The van der Waals surface area contributed by atoms with Gasteiger partial charge in [-0.25, -0.2) is 0 Å². The topological polar surface area (TPSA) is 66.4 Å². The van der Waals surface area contributed by atoms with Gasteiger partial charge in [0.1, 0.15) is 6.61 Å². The average Bonchev–Trinajstić information content (AvgIpc) is 2.91. The molecule has 5 atom stereocenters. The van der Waals surface area contributed by atoms with E-state index in [2.05, 4.69) is 0 Å². The van der Waals surface area contributed by atoms with Crippen LogP contribution in [0.4, 0.5) is 154 Å². The van der Waals surface area contributed by atoms with Crippen molar-refractivity contribution >= 4 is 0 Å². The Labute approximate surface area is 293 Å². The first kappa shape index (κ1) is 56.3. The highest BCUT2D eigenvalue weighted by Crippen LogP contribution is 2.62. The predicted octanol–water partition coefficient (Wildman–Crippen LogP) is 10.4. The summed E-state index contributed by atoms with van der Waals surface area (Å²) in [6.07, 6.45) is -97.2. The minimum Gasteiger partial charge on any atom is -0.390 e. The zero-order valence-corrected chi connectivity index (χ0v) is 24.9. The zero-order valence-electron chi connectivity index (χ0n) is 24.9. The van der Waals surface area contributed by atoms with Crippen LogP contribution < -0.4 is 0 Å². The number of rotatable bonds is 16. The molecule has 0 aromatic carbocycles. The summed E-state index contributed by atoms with van der Waals surface area (Å²) in [6, 6.07) is 0. The summed E-state index contributed by atoms with van der Waals surface area (Å²) in [5, 5.41) is 8.13. The molecule has 0 heterocycles. The molecule has 0 aromatic rings. The van der Waals surface area contributed by atoms with Gasteiger partial charge in [0, 0.05) is 0 Å². The summed E-state index contributed by atoms with van der Waals surface area (Å²) < 4.78 is 472. The van der Waals surface area contributed by atoms with Crippen LogP contribution in [0.1, 0.15) is 0 Å². The highest BCUT2D eigenvalue weighted by atomic mass is 19.5. The lowest BCUT2D eigenvalue weighted by molar-refractivity contribution is -0.600. The maximum Gasteiger partial charge on any atom is 0.462 e. The van der Waals surface area contributed by atoms with Gasteiger partial charge in [0.25, 0.3) is 0 Å². The van der Waals surface area contributed by atoms with E-state index in [1.165, 1.54) is 4.74 Å². The number of hydrogen-bond acceptors (Lipinski definition) is 6. The first-order chi connectivity index (χ1) is 24.8. The Morgan fingerprint density at radius 3 is 0.576 bits per heavy atom. The molecule has 0 fully saturated rings. The Hall–Kier alpha value is -2.69. The van der Waals surface area contributed by atoms with Crippen LogP contribution in [0.15, 0.2) is 0 Å². The van der Waals surface area contributed by atoms with E-state index < -0.39 is 109 Å². The molecule has 0 bridgehead atoms. The molecule has 0 aliphatic carbocycles. The zero-order chi connectivity index (χ0) is 48.7. The molecule has 59 heavy (non-hydrogen) atoms. The number of alkyl halides is 35. The molecular weight excluding hydrogens is 977 g/mol. The van der Waals surface area contributed by atoms with E-state index in [4.69, 9.17) is 5.11 Å². The third-order valence-corrected chi connectivity index (χ3v) is 5.67. The van der Waals surface area contributed by atoms with Crippen molar-refractivity contribution in [1.82, 2.24) is 0 Å². The van der Waals surface area contributed by atoms with E-state index in [1.54, 1.807) is 0 Å². The Morgan fingerprint density at radius 1 is 0.237 bits per heavy atom. The molecule has 0 radical (unpaired) electrons. The van der Waals surface area contributed by atoms with Gasteiger partial charge in [0.2, 0.25) is 0 Å². The summed E-state index contributed by atoms with van der Waals surface area (Å²) in [4.78, 5) is 0. The van der Waals surface area contributed by atoms with E-state index in [0.29, 0.717) is 9.47 Å². The Balaban J connectivity index is 7.96. The molecule has 6 nitrogen and oxygen atoms in total. The second-order valence-electron chi connectivity index (χ2n) is 9.92. The molecular formula is C18H3F35O6. The van der Waals surface area contributed by atoms with Gasteiger partial charge >= 0.3 is 103 Å². The second kappa shape index (κ2) is 14.7. The minimum atomic E-state index is -9.58. The van der Waals surface area contributed by atoms with Gasteiger partial charge in [-0.3, -0.25) is 23.7 Å². The third kappa shape index (κ3) is 9.40. The monoisotopic (exact) mass is 980 g/mol. The Morgan fingerprint density at radius 2 is 0.424 bits per heavy atom. The van der Waals surface area contributed by atoms with Crippen LogP contribution in [-0.2, 0) is 23.7 Å². The van der Waals surface area contributed by atoms with Crippen LogP contribution in [0.5, 0.6) is 0 Å². The predicted molar refractivity (Wildman–Crippen MR) is 97.7 cm³/mol. The van der Waals surface area contributed by atoms with Crippen LogP contribution in [0.3, 0.4) is 0 Å². The molecule has 0 saturated carbocycles. The minimum absolute atomic E-state index is 0.705. The highest BCUT2D eigenvalue weighted by Gasteiger charge is 2.91. The molecule has 0 aromatic heterocycles. The van der Waals surface area contributed by atoms with Crippen molar-refractivity contribution in [2.24, 2.45) is 0 Å². The fourth-order valence-corrected chi connectivity index (χ4v) is 2.71. The van der Waals surface area contributed by atoms with Gasteiger partial charge in [-0.2, -0.15) is 154 Å². The molecule has 0 aliphatic rings. The fraction of sp³-hybridized carbons (Fsp3) is 1.00. The normalized spacial score (nSPS) is 20.9. The van der Waals surface area contributed by atoms with E-state index in [9.17, 15) is 154 Å². The molecule has 1 N–H and O–H groups in total. The SMILES string of the molecule is OC[C@](F)(OC(F)(F)[C@@](F)(OC(F)(F)[C@](F)(OC(F)(F)[C@](F)(OC(F)(F)[C@](F)(OC(F)(F)C(F)(F)C(F)(F)F)C(F)(F)F)C(F)(F)F)C(F)(F)F)C(F)(F)F)C(F)(F)F. The van der Waals surface area contributed by atoms with E-state index in [0.717, 1.165) is 9.47 Å². The average molecular weight is 980 g/mol. The maximum atomic E-state index is 14.6. The highest BCUT2D eigenvalue weighted by molar-refractivity contribution is 5.00. The van der Waals surface area contributed by atoms with Crippen molar-refractivity contribution < 1.29 is 182 Å². The van der Waals surface area contributed by atoms with Gasteiger partial charge in [0.05, 0.1) is 0 Å². The van der Waals surface area contributed by atoms with Gasteiger partial charge in [-0.05, 0) is 0 Å². The van der Waals surface area contributed by atoms with Gasteiger partial charge < -0.3 is 5.11 Å². The van der Waals surface area contributed by atoms with Crippen molar-refractivity contribution in [2.45, 2.75) is 103 Å². The number of aliphatic hydroxyl groups is 1.